The van der Waals surface area contributed by atoms with Crippen LogP contribution in [0.3, 0.4) is 0 Å². The Morgan fingerprint density at radius 2 is 1.61 bits per heavy atom. The van der Waals surface area contributed by atoms with Crippen LogP contribution in [0, 0.1) is 0 Å². The fourth-order valence-corrected chi connectivity index (χ4v) is 3.23. The van der Waals surface area contributed by atoms with Crippen molar-refractivity contribution in [2.24, 2.45) is 14.1 Å². The van der Waals surface area contributed by atoms with Gasteiger partial charge in [0.1, 0.15) is 0 Å². The zero-order valence-corrected chi connectivity index (χ0v) is 16.3. The van der Waals surface area contributed by atoms with Crippen LogP contribution in [-0.2, 0) is 14.1 Å². The smallest absolute Gasteiger partial charge is 0.351 e. The van der Waals surface area contributed by atoms with Gasteiger partial charge in [-0.3, -0.25) is 4.79 Å². The molecule has 3 aromatic rings. The molecular weight excluding hydrogens is 356 g/mol. The van der Waals surface area contributed by atoms with E-state index in [2.05, 4.69) is 24.4 Å². The van der Waals surface area contributed by atoms with Crippen LogP contribution in [0.25, 0.3) is 5.69 Å². The zero-order valence-electron chi connectivity index (χ0n) is 16.3. The van der Waals surface area contributed by atoms with Gasteiger partial charge < -0.3 is 5.32 Å². The van der Waals surface area contributed by atoms with E-state index in [1.54, 1.807) is 24.3 Å². The van der Waals surface area contributed by atoms with Gasteiger partial charge in [-0.25, -0.2) is 18.8 Å². The number of aromatic nitrogens is 3. The lowest BCUT2D eigenvalue weighted by Gasteiger charge is -2.16. The number of carbonyl (C=O) groups is 1. The van der Waals surface area contributed by atoms with Gasteiger partial charge in [-0.2, -0.15) is 4.68 Å². The highest BCUT2D eigenvalue weighted by molar-refractivity contribution is 5.94. The van der Waals surface area contributed by atoms with E-state index in [0.717, 1.165) is 11.0 Å². The first-order valence-corrected chi connectivity index (χ1v) is 9.22. The normalized spacial score (nSPS) is 12.0. The number of hydrogen-bond donors (Lipinski definition) is 1. The van der Waals surface area contributed by atoms with Crippen LogP contribution in [-0.4, -0.2) is 26.4 Å². The fraction of sp³-hybridized carbons (Fsp3) is 0.286. The Morgan fingerprint density at radius 1 is 0.964 bits per heavy atom. The molecule has 1 unspecified atom stereocenters. The van der Waals surface area contributed by atoms with Crippen molar-refractivity contribution in [3.63, 3.8) is 0 Å². The molecule has 146 valence electrons. The summed E-state index contributed by atoms with van der Waals surface area (Å²) in [4.78, 5) is 36.6. The van der Waals surface area contributed by atoms with Crippen LogP contribution in [0.15, 0.2) is 64.2 Å². The number of carbonyl (C=O) groups excluding carboxylic acids is 1. The van der Waals surface area contributed by atoms with E-state index in [4.69, 9.17) is 0 Å². The van der Waals surface area contributed by atoms with Crippen molar-refractivity contribution in [3.05, 3.63) is 86.7 Å². The Hall–Kier alpha value is -3.35. The van der Waals surface area contributed by atoms with Gasteiger partial charge in [0.25, 0.3) is 5.91 Å². The second-order valence-electron chi connectivity index (χ2n) is 6.73. The third-order valence-electron chi connectivity index (χ3n) is 4.98. The molecule has 0 aliphatic carbocycles. The molecule has 1 amide bonds. The summed E-state index contributed by atoms with van der Waals surface area (Å²) < 4.78 is 3.55. The Balaban J connectivity index is 1.73. The summed E-state index contributed by atoms with van der Waals surface area (Å²) in [5, 5.41) is 2.98. The van der Waals surface area contributed by atoms with E-state index in [1.807, 2.05) is 18.2 Å². The molecule has 0 radical (unpaired) electrons. The van der Waals surface area contributed by atoms with Gasteiger partial charge in [0, 0.05) is 32.1 Å². The average molecular weight is 380 g/mol. The van der Waals surface area contributed by atoms with Gasteiger partial charge in [0.15, 0.2) is 0 Å². The molecule has 7 heteroatoms. The molecule has 0 saturated carbocycles. The van der Waals surface area contributed by atoms with Crippen LogP contribution >= 0.6 is 0 Å². The molecule has 1 N–H and O–H groups in total. The number of amides is 1. The van der Waals surface area contributed by atoms with E-state index in [9.17, 15) is 14.4 Å². The SMILES string of the molecule is CCC(CNC(=O)c1ccc(-n2c(=O)n(C)c(=O)n2C)cc1)c1ccccc1. The molecule has 0 aliphatic rings. The fourth-order valence-electron chi connectivity index (χ4n) is 3.23. The van der Waals surface area contributed by atoms with Gasteiger partial charge in [-0.05, 0) is 36.2 Å². The maximum absolute atomic E-state index is 12.5. The van der Waals surface area contributed by atoms with Gasteiger partial charge in [0.2, 0.25) is 0 Å². The minimum Gasteiger partial charge on any atom is -0.351 e. The van der Waals surface area contributed by atoms with Crippen molar-refractivity contribution in [2.75, 3.05) is 6.54 Å². The first-order valence-electron chi connectivity index (χ1n) is 9.22. The maximum Gasteiger partial charge on any atom is 0.351 e. The highest BCUT2D eigenvalue weighted by Gasteiger charge is 2.14. The summed E-state index contributed by atoms with van der Waals surface area (Å²) in [6.07, 6.45) is 0.925. The molecule has 3 rings (SSSR count). The summed E-state index contributed by atoms with van der Waals surface area (Å²) in [5.41, 5.74) is 1.39. The van der Waals surface area contributed by atoms with Crippen molar-refractivity contribution >= 4 is 5.91 Å². The number of hydrogen-bond acceptors (Lipinski definition) is 3. The second-order valence-corrected chi connectivity index (χ2v) is 6.73. The molecule has 1 atom stereocenters. The Labute approximate surface area is 162 Å². The molecular formula is C21H24N4O3. The summed E-state index contributed by atoms with van der Waals surface area (Å²) in [7, 11) is 2.96. The van der Waals surface area contributed by atoms with Crippen LogP contribution < -0.4 is 16.7 Å². The third-order valence-corrected chi connectivity index (χ3v) is 4.98. The molecule has 7 nitrogen and oxygen atoms in total. The summed E-state index contributed by atoms with van der Waals surface area (Å²) >= 11 is 0. The summed E-state index contributed by atoms with van der Waals surface area (Å²) in [6, 6.07) is 16.7. The molecule has 0 spiro atoms. The van der Waals surface area contributed by atoms with Crippen molar-refractivity contribution in [1.29, 1.82) is 0 Å². The Morgan fingerprint density at radius 3 is 2.14 bits per heavy atom. The minimum atomic E-state index is -0.432. The Kier molecular flexibility index (Phi) is 5.63. The molecule has 1 heterocycles. The average Bonchev–Trinajstić information content (AvgIpc) is 2.92. The second kappa shape index (κ2) is 8.12. The highest BCUT2D eigenvalue weighted by Crippen LogP contribution is 2.18. The third kappa shape index (κ3) is 3.69. The van der Waals surface area contributed by atoms with Gasteiger partial charge in [0.05, 0.1) is 5.69 Å². The molecule has 0 fully saturated rings. The molecule has 0 bridgehead atoms. The van der Waals surface area contributed by atoms with E-state index in [-0.39, 0.29) is 11.8 Å². The quantitative estimate of drug-likeness (QED) is 0.708. The van der Waals surface area contributed by atoms with E-state index in [1.165, 1.54) is 29.0 Å². The van der Waals surface area contributed by atoms with E-state index in [0.29, 0.717) is 17.8 Å². The van der Waals surface area contributed by atoms with Gasteiger partial charge >= 0.3 is 11.4 Å². The van der Waals surface area contributed by atoms with Crippen molar-refractivity contribution in [2.45, 2.75) is 19.3 Å². The molecule has 1 aromatic heterocycles. The predicted octanol–water partition coefficient (Wildman–Crippen LogP) is 1.80. The van der Waals surface area contributed by atoms with E-state index < -0.39 is 11.4 Å². The Bertz CT molecular complexity index is 1080. The number of nitrogens with zero attached hydrogens (tertiary/aromatic N) is 3. The molecule has 0 aliphatic heterocycles. The lowest BCUT2D eigenvalue weighted by molar-refractivity contribution is 0.0951. The number of rotatable bonds is 6. The van der Waals surface area contributed by atoms with Gasteiger partial charge in [-0.1, -0.05) is 37.3 Å². The minimum absolute atomic E-state index is 0.171. The maximum atomic E-state index is 12.5. The largest absolute Gasteiger partial charge is 0.351 e. The first-order chi connectivity index (χ1) is 13.4. The van der Waals surface area contributed by atoms with E-state index >= 15 is 0 Å². The van der Waals surface area contributed by atoms with Crippen molar-refractivity contribution in [3.8, 4) is 5.69 Å². The predicted molar refractivity (Wildman–Crippen MR) is 108 cm³/mol. The van der Waals surface area contributed by atoms with Crippen molar-refractivity contribution in [1.82, 2.24) is 19.2 Å². The lowest BCUT2D eigenvalue weighted by atomic mass is 9.96. The molecule has 28 heavy (non-hydrogen) atoms. The standard InChI is InChI=1S/C21H24N4O3/c1-4-15(16-8-6-5-7-9-16)14-22-19(26)17-10-12-18(13-11-17)25-21(28)23(2)20(27)24(25)3/h5-13,15H,4,14H2,1-3H3,(H,22,26). The van der Waals surface area contributed by atoms with Crippen molar-refractivity contribution < 1.29 is 4.79 Å². The van der Waals surface area contributed by atoms with Gasteiger partial charge in [-0.15, -0.1) is 0 Å². The molecule has 2 aromatic carbocycles. The number of benzene rings is 2. The lowest BCUT2D eigenvalue weighted by Crippen LogP contribution is -2.28. The topological polar surface area (TPSA) is 78.0 Å². The highest BCUT2D eigenvalue weighted by atomic mass is 16.2. The van der Waals surface area contributed by atoms with Crippen LogP contribution in [0.5, 0.6) is 0 Å². The zero-order chi connectivity index (χ0) is 20.3. The van der Waals surface area contributed by atoms with Crippen LogP contribution in [0.4, 0.5) is 0 Å². The summed E-state index contributed by atoms with van der Waals surface area (Å²) in [6.45, 7) is 2.65. The first kappa shape index (κ1) is 19.4. The molecule has 0 saturated heterocycles. The van der Waals surface area contributed by atoms with Crippen LogP contribution in [0.1, 0.15) is 35.2 Å². The monoisotopic (exact) mass is 380 g/mol. The summed E-state index contributed by atoms with van der Waals surface area (Å²) in [5.74, 6) is 0.0806. The number of nitrogens with one attached hydrogen (secondary N) is 1. The van der Waals surface area contributed by atoms with Crippen LogP contribution in [0.2, 0.25) is 0 Å².